The van der Waals surface area contributed by atoms with Crippen LogP contribution in [0.4, 0.5) is 26.3 Å². The van der Waals surface area contributed by atoms with Gasteiger partial charge in [0.1, 0.15) is 11.5 Å². The van der Waals surface area contributed by atoms with Crippen molar-refractivity contribution in [2.45, 2.75) is 30.3 Å². The molecule has 0 spiro atoms. The maximum atomic E-state index is 12.9. The van der Waals surface area contributed by atoms with E-state index in [1.807, 2.05) is 19.9 Å². The van der Waals surface area contributed by atoms with Gasteiger partial charge in [0.15, 0.2) is 0 Å². The lowest BCUT2D eigenvalue weighted by Gasteiger charge is -2.24. The molecule has 0 saturated carbocycles. The third-order valence-electron chi connectivity index (χ3n) is 6.23. The fourth-order valence-corrected chi connectivity index (χ4v) is 6.69. The molecule has 0 unspecified atom stereocenters. The standard InChI is InChI=1S/C23H14F6O6S3/c1-21(2)17-7-8-36-20(17)18-15-9-11(34-37(30,31)22(24,25)26)3-5-13(15)14-6-4-12(10-16(14)19(18)21)35-38(32,33)23(27,28)29/h3-10H,1-2H3. The van der Waals surface area contributed by atoms with Crippen molar-refractivity contribution in [1.82, 2.24) is 0 Å². The minimum atomic E-state index is -5.95. The number of alkyl halides is 6. The highest BCUT2D eigenvalue weighted by Gasteiger charge is 2.49. The van der Waals surface area contributed by atoms with Crippen LogP contribution in [0.2, 0.25) is 0 Å². The number of hydrogen-bond acceptors (Lipinski definition) is 7. The van der Waals surface area contributed by atoms with E-state index in [2.05, 4.69) is 8.37 Å². The Morgan fingerprint density at radius 1 is 0.711 bits per heavy atom. The smallest absolute Gasteiger partial charge is 0.376 e. The summed E-state index contributed by atoms with van der Waals surface area (Å²) in [5.41, 5.74) is -10.2. The second-order valence-electron chi connectivity index (χ2n) is 8.92. The summed E-state index contributed by atoms with van der Waals surface area (Å²) in [7, 11) is -11.9. The van der Waals surface area contributed by atoms with Crippen molar-refractivity contribution < 1.29 is 51.5 Å². The number of rotatable bonds is 4. The zero-order chi connectivity index (χ0) is 28.1. The van der Waals surface area contributed by atoms with Gasteiger partial charge in [-0.05, 0) is 74.5 Å². The molecule has 15 heteroatoms. The monoisotopic (exact) mass is 596 g/mol. The summed E-state index contributed by atoms with van der Waals surface area (Å²) in [6.45, 7) is 3.65. The van der Waals surface area contributed by atoms with Crippen LogP contribution in [0.25, 0.3) is 32.0 Å². The van der Waals surface area contributed by atoms with E-state index >= 15 is 0 Å². The molecule has 4 aromatic rings. The van der Waals surface area contributed by atoms with Crippen molar-refractivity contribution in [2.75, 3.05) is 0 Å². The second-order valence-corrected chi connectivity index (χ2v) is 12.9. The van der Waals surface area contributed by atoms with Crippen LogP contribution in [0, 0.1) is 0 Å². The van der Waals surface area contributed by atoms with Gasteiger partial charge in [0.25, 0.3) is 0 Å². The summed E-state index contributed by atoms with van der Waals surface area (Å²) in [5, 5.41) is 3.32. The van der Waals surface area contributed by atoms with Gasteiger partial charge in [-0.15, -0.1) is 11.3 Å². The van der Waals surface area contributed by atoms with E-state index in [9.17, 15) is 43.2 Å². The van der Waals surface area contributed by atoms with Gasteiger partial charge in [0, 0.05) is 15.9 Å². The fourth-order valence-electron chi connectivity index (χ4n) is 4.67. The van der Waals surface area contributed by atoms with Crippen LogP contribution in [0.1, 0.15) is 25.0 Å². The number of benzene rings is 3. The molecule has 0 amide bonds. The SMILES string of the molecule is CC1(C)c2ccsc2-c2c1c1cc(OS(=O)(=O)C(F)(F)F)ccc1c1ccc(OS(=O)(=O)C(F)(F)F)cc21. The number of thiophene rings is 1. The van der Waals surface area contributed by atoms with Gasteiger partial charge in [-0.1, -0.05) is 19.9 Å². The molecule has 6 nitrogen and oxygen atoms in total. The third-order valence-corrected chi connectivity index (χ3v) is 9.12. The van der Waals surface area contributed by atoms with Gasteiger partial charge in [0.2, 0.25) is 0 Å². The summed E-state index contributed by atoms with van der Waals surface area (Å²) >= 11 is 1.31. The summed E-state index contributed by atoms with van der Waals surface area (Å²) in [6.07, 6.45) is 0. The average Bonchev–Trinajstić information content (AvgIpc) is 3.33. The molecule has 202 valence electrons. The Hall–Kier alpha value is -3.04. The number of halogens is 6. The van der Waals surface area contributed by atoms with E-state index in [1.165, 1.54) is 23.5 Å². The Morgan fingerprint density at radius 3 is 1.68 bits per heavy atom. The molecule has 0 aliphatic heterocycles. The topological polar surface area (TPSA) is 86.7 Å². The van der Waals surface area contributed by atoms with Gasteiger partial charge in [-0.3, -0.25) is 0 Å². The molecule has 0 bridgehead atoms. The first-order chi connectivity index (χ1) is 17.4. The Morgan fingerprint density at radius 2 is 1.18 bits per heavy atom. The lowest BCUT2D eigenvalue weighted by molar-refractivity contribution is -0.0504. The summed E-state index contributed by atoms with van der Waals surface area (Å²) < 4.78 is 133. The summed E-state index contributed by atoms with van der Waals surface area (Å²) in [5.74, 6) is -1.17. The predicted molar refractivity (Wildman–Crippen MR) is 128 cm³/mol. The largest absolute Gasteiger partial charge is 0.534 e. The van der Waals surface area contributed by atoms with E-state index in [0.29, 0.717) is 37.5 Å². The molecule has 0 fully saturated rings. The highest BCUT2D eigenvalue weighted by molar-refractivity contribution is 7.88. The van der Waals surface area contributed by atoms with Crippen LogP contribution in [0.5, 0.6) is 11.5 Å². The van der Waals surface area contributed by atoms with Crippen molar-refractivity contribution in [2.24, 2.45) is 0 Å². The van der Waals surface area contributed by atoms with Crippen LogP contribution in [-0.4, -0.2) is 27.9 Å². The first-order valence-electron chi connectivity index (χ1n) is 10.5. The van der Waals surface area contributed by atoms with Crippen molar-refractivity contribution in [1.29, 1.82) is 0 Å². The van der Waals surface area contributed by atoms with Crippen molar-refractivity contribution in [3.63, 3.8) is 0 Å². The molecule has 0 saturated heterocycles. The molecule has 1 aliphatic carbocycles. The predicted octanol–water partition coefficient (Wildman–Crippen LogP) is 6.82. The number of hydrogen-bond donors (Lipinski definition) is 0. The first-order valence-corrected chi connectivity index (χ1v) is 14.2. The van der Waals surface area contributed by atoms with Gasteiger partial charge >= 0.3 is 31.3 Å². The Balaban J connectivity index is 1.81. The molecule has 0 atom stereocenters. The van der Waals surface area contributed by atoms with Crippen LogP contribution in [0.3, 0.4) is 0 Å². The maximum absolute atomic E-state index is 12.9. The maximum Gasteiger partial charge on any atom is 0.534 e. The Labute approximate surface area is 215 Å². The van der Waals surface area contributed by atoms with E-state index < -0.39 is 48.2 Å². The van der Waals surface area contributed by atoms with Crippen LogP contribution < -0.4 is 8.37 Å². The molecule has 1 aliphatic rings. The van der Waals surface area contributed by atoms with E-state index in [-0.39, 0.29) is 0 Å². The number of fused-ring (bicyclic) bond motifs is 8. The average molecular weight is 597 g/mol. The lowest BCUT2D eigenvalue weighted by atomic mass is 9.79. The molecular weight excluding hydrogens is 582 g/mol. The quantitative estimate of drug-likeness (QED) is 0.111. The molecule has 0 N–H and O–H groups in total. The highest BCUT2D eigenvalue weighted by atomic mass is 32.2. The van der Waals surface area contributed by atoms with Crippen LogP contribution in [-0.2, 0) is 25.7 Å². The van der Waals surface area contributed by atoms with Crippen molar-refractivity contribution >= 4 is 53.1 Å². The first kappa shape index (κ1) is 26.6. The second kappa shape index (κ2) is 7.99. The molecular formula is C23H14F6O6S3. The minimum absolute atomic E-state index is 0.341. The Kier molecular flexibility index (Phi) is 5.58. The van der Waals surface area contributed by atoms with Crippen LogP contribution in [0.15, 0.2) is 47.8 Å². The molecule has 38 heavy (non-hydrogen) atoms. The zero-order valence-corrected chi connectivity index (χ0v) is 21.5. The molecule has 1 heterocycles. The van der Waals surface area contributed by atoms with Gasteiger partial charge in [-0.2, -0.15) is 43.2 Å². The highest BCUT2D eigenvalue weighted by Crippen LogP contribution is 2.57. The third kappa shape index (κ3) is 3.90. The van der Waals surface area contributed by atoms with Crippen LogP contribution >= 0.6 is 11.3 Å². The molecule has 1 aromatic heterocycles. The fraction of sp³-hybridized carbons (Fsp3) is 0.217. The minimum Gasteiger partial charge on any atom is -0.376 e. The zero-order valence-electron chi connectivity index (χ0n) is 19.1. The van der Waals surface area contributed by atoms with E-state index in [1.54, 1.807) is 5.38 Å². The van der Waals surface area contributed by atoms with Crippen molar-refractivity contribution in [3.8, 4) is 21.9 Å². The lowest BCUT2D eigenvalue weighted by Crippen LogP contribution is -2.28. The van der Waals surface area contributed by atoms with Gasteiger partial charge in [0.05, 0.1) is 0 Å². The summed E-state index contributed by atoms with van der Waals surface area (Å²) in [4.78, 5) is 0.710. The molecule has 3 aromatic carbocycles. The normalized spacial score (nSPS) is 15.5. The van der Waals surface area contributed by atoms with Gasteiger partial charge < -0.3 is 8.37 Å². The molecule has 5 rings (SSSR count). The Bertz CT molecular complexity index is 1850. The van der Waals surface area contributed by atoms with Crippen molar-refractivity contribution in [3.05, 3.63) is 59.0 Å². The molecule has 0 radical (unpaired) electrons. The summed E-state index contributed by atoms with van der Waals surface area (Å²) in [6, 6.07) is 8.83. The van der Waals surface area contributed by atoms with E-state index in [4.69, 9.17) is 0 Å². The van der Waals surface area contributed by atoms with E-state index in [0.717, 1.165) is 29.8 Å². The van der Waals surface area contributed by atoms with Gasteiger partial charge in [-0.25, -0.2) is 0 Å².